The highest BCUT2D eigenvalue weighted by molar-refractivity contribution is 7.11. The molecule has 114 valence electrons. The van der Waals surface area contributed by atoms with E-state index >= 15 is 0 Å². The first-order valence-corrected chi connectivity index (χ1v) is 7.81. The van der Waals surface area contributed by atoms with Crippen molar-refractivity contribution in [2.45, 2.75) is 26.3 Å². The summed E-state index contributed by atoms with van der Waals surface area (Å²) >= 11 is 1.64. The molecule has 1 aromatic carbocycles. The molecular formula is C15H21N3O2S. The predicted molar refractivity (Wildman–Crippen MR) is 84.3 cm³/mol. The Morgan fingerprint density at radius 1 is 1.10 bits per heavy atom. The Labute approximate surface area is 129 Å². The highest BCUT2D eigenvalue weighted by atomic mass is 32.1. The molecule has 21 heavy (non-hydrogen) atoms. The van der Waals surface area contributed by atoms with Gasteiger partial charge >= 0.3 is 0 Å². The number of rotatable bonds is 8. The topological polar surface area (TPSA) is 56.3 Å². The van der Waals surface area contributed by atoms with E-state index in [0.29, 0.717) is 0 Å². The molecule has 2 rings (SSSR count). The number of aromatic nitrogens is 2. The van der Waals surface area contributed by atoms with E-state index in [-0.39, 0.29) is 0 Å². The molecule has 0 amide bonds. The van der Waals surface area contributed by atoms with Gasteiger partial charge in [-0.2, -0.15) is 0 Å². The van der Waals surface area contributed by atoms with Crippen molar-refractivity contribution in [3.8, 4) is 11.5 Å². The van der Waals surface area contributed by atoms with Crippen molar-refractivity contribution in [2.75, 3.05) is 20.8 Å². The van der Waals surface area contributed by atoms with Crippen molar-refractivity contribution < 1.29 is 9.47 Å². The van der Waals surface area contributed by atoms with Gasteiger partial charge < -0.3 is 14.8 Å². The van der Waals surface area contributed by atoms with E-state index in [0.717, 1.165) is 53.0 Å². The third-order valence-corrected chi connectivity index (χ3v) is 3.94. The second-order valence-corrected chi connectivity index (χ2v) is 5.78. The van der Waals surface area contributed by atoms with Gasteiger partial charge in [-0.15, -0.1) is 10.2 Å². The first-order valence-electron chi connectivity index (χ1n) is 6.99. The standard InChI is InChI=1S/C15H21N3O2S/c1-4-7-16-10-15-18-17-14(21-15)9-11-5-6-12(19-2)13(8-11)20-3/h5-6,8,16H,4,7,9-10H2,1-3H3. The van der Waals surface area contributed by atoms with Crippen LogP contribution in [0.5, 0.6) is 11.5 Å². The van der Waals surface area contributed by atoms with Gasteiger partial charge in [0, 0.05) is 13.0 Å². The van der Waals surface area contributed by atoms with E-state index in [1.807, 2.05) is 18.2 Å². The van der Waals surface area contributed by atoms with E-state index in [9.17, 15) is 0 Å². The Bertz CT molecular complexity index is 572. The van der Waals surface area contributed by atoms with E-state index < -0.39 is 0 Å². The van der Waals surface area contributed by atoms with Crippen LogP contribution in [0.25, 0.3) is 0 Å². The second kappa shape index (κ2) is 7.95. The molecule has 5 nitrogen and oxygen atoms in total. The van der Waals surface area contributed by atoms with Crippen LogP contribution >= 0.6 is 11.3 Å². The van der Waals surface area contributed by atoms with Gasteiger partial charge in [0.2, 0.25) is 0 Å². The monoisotopic (exact) mass is 307 g/mol. The van der Waals surface area contributed by atoms with Crippen LogP contribution in [0.3, 0.4) is 0 Å². The summed E-state index contributed by atoms with van der Waals surface area (Å²) < 4.78 is 10.6. The van der Waals surface area contributed by atoms with Gasteiger partial charge in [0.1, 0.15) is 10.0 Å². The maximum absolute atomic E-state index is 5.32. The average molecular weight is 307 g/mol. The molecule has 0 radical (unpaired) electrons. The molecule has 0 saturated heterocycles. The number of methoxy groups -OCH3 is 2. The first-order chi connectivity index (χ1) is 10.3. The summed E-state index contributed by atoms with van der Waals surface area (Å²) in [4.78, 5) is 0. The minimum Gasteiger partial charge on any atom is -0.493 e. The molecule has 1 N–H and O–H groups in total. The summed E-state index contributed by atoms with van der Waals surface area (Å²) in [6.07, 6.45) is 1.88. The van der Waals surface area contributed by atoms with Gasteiger partial charge in [-0.1, -0.05) is 24.3 Å². The SMILES string of the molecule is CCCNCc1nnc(Cc2ccc(OC)c(OC)c2)s1. The first kappa shape index (κ1) is 15.7. The van der Waals surface area contributed by atoms with Crippen LogP contribution in [0.1, 0.15) is 28.9 Å². The van der Waals surface area contributed by atoms with Crippen LogP contribution in [0.15, 0.2) is 18.2 Å². The Morgan fingerprint density at radius 3 is 2.57 bits per heavy atom. The molecule has 0 fully saturated rings. The largest absolute Gasteiger partial charge is 0.493 e. The Kier molecular flexibility index (Phi) is 5.95. The van der Waals surface area contributed by atoms with Gasteiger partial charge in [0.15, 0.2) is 11.5 Å². The summed E-state index contributed by atoms with van der Waals surface area (Å²) in [6, 6.07) is 5.92. The predicted octanol–water partition coefficient (Wildman–Crippen LogP) is 2.65. The molecule has 0 aliphatic carbocycles. The van der Waals surface area contributed by atoms with Gasteiger partial charge in [0.05, 0.1) is 14.2 Å². The van der Waals surface area contributed by atoms with Crippen LogP contribution < -0.4 is 14.8 Å². The zero-order valence-corrected chi connectivity index (χ0v) is 13.5. The lowest BCUT2D eigenvalue weighted by Gasteiger charge is -2.08. The smallest absolute Gasteiger partial charge is 0.160 e. The number of benzene rings is 1. The average Bonchev–Trinajstić information content (AvgIpc) is 2.95. The zero-order chi connectivity index (χ0) is 15.1. The fourth-order valence-electron chi connectivity index (χ4n) is 1.97. The molecule has 0 aliphatic rings. The fourth-order valence-corrected chi connectivity index (χ4v) is 2.82. The van der Waals surface area contributed by atoms with Crippen molar-refractivity contribution in [3.05, 3.63) is 33.8 Å². The van der Waals surface area contributed by atoms with E-state index in [1.165, 1.54) is 0 Å². The third kappa shape index (κ3) is 4.41. The van der Waals surface area contributed by atoms with Gasteiger partial charge in [-0.3, -0.25) is 0 Å². The van der Waals surface area contributed by atoms with Crippen molar-refractivity contribution >= 4 is 11.3 Å². The maximum atomic E-state index is 5.32. The number of hydrogen-bond donors (Lipinski definition) is 1. The lowest BCUT2D eigenvalue weighted by molar-refractivity contribution is 0.354. The molecule has 2 aromatic rings. The number of nitrogens with one attached hydrogen (secondary N) is 1. The lowest BCUT2D eigenvalue weighted by Crippen LogP contribution is -2.13. The van der Waals surface area contributed by atoms with Crippen LogP contribution in [0, 0.1) is 0 Å². The summed E-state index contributed by atoms with van der Waals surface area (Å²) in [6.45, 7) is 3.94. The Hall–Kier alpha value is -1.66. The quantitative estimate of drug-likeness (QED) is 0.760. The number of ether oxygens (including phenoxy) is 2. The summed E-state index contributed by atoms with van der Waals surface area (Å²) in [7, 11) is 3.28. The normalized spacial score (nSPS) is 10.6. The van der Waals surface area contributed by atoms with Crippen LogP contribution in [-0.4, -0.2) is 31.0 Å². The second-order valence-electron chi connectivity index (χ2n) is 4.63. The van der Waals surface area contributed by atoms with Crippen molar-refractivity contribution in [1.29, 1.82) is 0 Å². The molecule has 0 spiro atoms. The molecule has 0 atom stereocenters. The Morgan fingerprint density at radius 2 is 1.86 bits per heavy atom. The maximum Gasteiger partial charge on any atom is 0.160 e. The minimum absolute atomic E-state index is 0.739. The van der Waals surface area contributed by atoms with Crippen LogP contribution in [0.4, 0.5) is 0 Å². The van der Waals surface area contributed by atoms with Crippen LogP contribution in [0.2, 0.25) is 0 Å². The fraction of sp³-hybridized carbons (Fsp3) is 0.467. The number of hydrogen-bond acceptors (Lipinski definition) is 6. The number of nitrogens with zero attached hydrogens (tertiary/aromatic N) is 2. The molecule has 0 bridgehead atoms. The molecular weight excluding hydrogens is 286 g/mol. The van der Waals surface area contributed by atoms with Crippen molar-refractivity contribution in [1.82, 2.24) is 15.5 Å². The van der Waals surface area contributed by atoms with Crippen molar-refractivity contribution in [2.24, 2.45) is 0 Å². The Balaban J connectivity index is 2.01. The van der Waals surface area contributed by atoms with Gasteiger partial charge in [-0.25, -0.2) is 0 Å². The zero-order valence-electron chi connectivity index (χ0n) is 12.7. The summed E-state index contributed by atoms with van der Waals surface area (Å²) in [5.74, 6) is 1.48. The van der Waals surface area contributed by atoms with E-state index in [1.54, 1.807) is 25.6 Å². The summed E-state index contributed by atoms with van der Waals surface area (Å²) in [5, 5.41) is 13.8. The molecule has 0 aliphatic heterocycles. The lowest BCUT2D eigenvalue weighted by atomic mass is 10.1. The molecule has 1 heterocycles. The molecule has 1 aromatic heterocycles. The van der Waals surface area contributed by atoms with Gasteiger partial charge in [0.25, 0.3) is 0 Å². The third-order valence-electron chi connectivity index (χ3n) is 3.01. The van der Waals surface area contributed by atoms with E-state index in [2.05, 4.69) is 22.4 Å². The molecule has 0 saturated carbocycles. The highest BCUT2D eigenvalue weighted by Crippen LogP contribution is 2.28. The van der Waals surface area contributed by atoms with Crippen molar-refractivity contribution in [3.63, 3.8) is 0 Å². The summed E-state index contributed by atoms with van der Waals surface area (Å²) in [5.41, 5.74) is 1.14. The van der Waals surface area contributed by atoms with Crippen LogP contribution in [-0.2, 0) is 13.0 Å². The highest BCUT2D eigenvalue weighted by Gasteiger charge is 2.08. The molecule has 6 heteroatoms. The van der Waals surface area contributed by atoms with Gasteiger partial charge in [-0.05, 0) is 30.7 Å². The molecule has 0 unspecified atom stereocenters. The van der Waals surface area contributed by atoms with E-state index in [4.69, 9.17) is 9.47 Å². The minimum atomic E-state index is 0.739.